The van der Waals surface area contributed by atoms with Crippen LogP contribution in [-0.4, -0.2) is 27.9 Å². The van der Waals surface area contributed by atoms with Crippen molar-refractivity contribution in [2.75, 3.05) is 13.2 Å². The predicted octanol–water partition coefficient (Wildman–Crippen LogP) is 2.03. The summed E-state index contributed by atoms with van der Waals surface area (Å²) in [6.07, 6.45) is 4.58. The molecule has 1 aliphatic rings. The minimum absolute atomic E-state index is 0.263. The Hall–Kier alpha value is -1.88. The Kier molecular flexibility index (Phi) is 4.20. The molecule has 1 aromatic heterocycles. The van der Waals surface area contributed by atoms with Crippen molar-refractivity contribution in [3.8, 4) is 5.75 Å². The van der Waals surface area contributed by atoms with Crippen LogP contribution in [0.2, 0.25) is 0 Å². The number of hydrogen-bond donors (Lipinski definition) is 1. The van der Waals surface area contributed by atoms with Crippen molar-refractivity contribution in [1.82, 2.24) is 20.1 Å². The van der Waals surface area contributed by atoms with Crippen molar-refractivity contribution in [2.24, 2.45) is 7.05 Å². The average molecular weight is 286 g/mol. The lowest BCUT2D eigenvalue weighted by molar-refractivity contribution is 0.356. The van der Waals surface area contributed by atoms with Crippen LogP contribution in [0.1, 0.15) is 36.3 Å². The van der Waals surface area contributed by atoms with Crippen molar-refractivity contribution in [3.05, 3.63) is 41.5 Å². The number of fused-ring (bicyclic) bond motifs is 1. The van der Waals surface area contributed by atoms with Gasteiger partial charge < -0.3 is 10.1 Å². The molecule has 1 aromatic carbocycles. The molecule has 1 aliphatic heterocycles. The molecule has 0 spiro atoms. The second-order valence-electron chi connectivity index (χ2n) is 5.48. The van der Waals surface area contributed by atoms with E-state index in [1.165, 1.54) is 11.1 Å². The van der Waals surface area contributed by atoms with E-state index >= 15 is 0 Å². The van der Waals surface area contributed by atoms with Crippen LogP contribution in [0.5, 0.6) is 5.75 Å². The highest BCUT2D eigenvalue weighted by Gasteiger charge is 2.18. The number of hydrogen-bond acceptors (Lipinski definition) is 4. The third-order valence-electron chi connectivity index (χ3n) is 3.95. The van der Waals surface area contributed by atoms with Gasteiger partial charge in [0, 0.05) is 25.9 Å². The van der Waals surface area contributed by atoms with E-state index in [4.69, 9.17) is 4.74 Å². The SMILES string of the molecule is CCCNC(Cc1ncnn1C)c1ccc2c(c1)CCO2. The molecule has 1 atom stereocenters. The Morgan fingerprint density at radius 2 is 2.33 bits per heavy atom. The molecule has 112 valence electrons. The van der Waals surface area contributed by atoms with Gasteiger partial charge in [-0.3, -0.25) is 4.68 Å². The van der Waals surface area contributed by atoms with Crippen molar-refractivity contribution < 1.29 is 4.74 Å². The van der Waals surface area contributed by atoms with Crippen LogP contribution in [0.3, 0.4) is 0 Å². The quantitative estimate of drug-likeness (QED) is 0.883. The third-order valence-corrected chi connectivity index (χ3v) is 3.95. The zero-order valence-corrected chi connectivity index (χ0v) is 12.7. The summed E-state index contributed by atoms with van der Waals surface area (Å²) < 4.78 is 7.44. The van der Waals surface area contributed by atoms with Gasteiger partial charge in [0.15, 0.2) is 0 Å². The fourth-order valence-corrected chi connectivity index (χ4v) is 2.74. The molecular weight excluding hydrogens is 264 g/mol. The van der Waals surface area contributed by atoms with Gasteiger partial charge in [-0.25, -0.2) is 4.98 Å². The first-order valence-corrected chi connectivity index (χ1v) is 7.60. The zero-order valence-electron chi connectivity index (χ0n) is 12.7. The zero-order chi connectivity index (χ0) is 14.7. The van der Waals surface area contributed by atoms with E-state index in [0.717, 1.165) is 44.0 Å². The van der Waals surface area contributed by atoms with Gasteiger partial charge in [0.25, 0.3) is 0 Å². The number of nitrogens with zero attached hydrogens (tertiary/aromatic N) is 3. The van der Waals surface area contributed by atoms with Crippen LogP contribution >= 0.6 is 0 Å². The summed E-state index contributed by atoms with van der Waals surface area (Å²) in [4.78, 5) is 4.35. The summed E-state index contributed by atoms with van der Waals surface area (Å²) in [5, 5.41) is 7.78. The molecule has 5 heteroatoms. The fraction of sp³-hybridized carbons (Fsp3) is 0.500. The number of nitrogens with one attached hydrogen (secondary N) is 1. The highest BCUT2D eigenvalue weighted by atomic mass is 16.5. The number of aryl methyl sites for hydroxylation is 1. The molecule has 0 saturated carbocycles. The van der Waals surface area contributed by atoms with Crippen LogP contribution < -0.4 is 10.1 Å². The molecule has 0 saturated heterocycles. The molecule has 0 radical (unpaired) electrons. The maximum absolute atomic E-state index is 5.59. The molecular formula is C16H22N4O. The van der Waals surface area contributed by atoms with Gasteiger partial charge in [-0.1, -0.05) is 19.1 Å². The molecule has 3 rings (SSSR count). The first-order valence-electron chi connectivity index (χ1n) is 7.60. The largest absolute Gasteiger partial charge is 0.493 e. The smallest absolute Gasteiger partial charge is 0.138 e. The van der Waals surface area contributed by atoms with Gasteiger partial charge in [0.05, 0.1) is 6.61 Å². The average Bonchev–Trinajstić information content (AvgIpc) is 3.11. The Morgan fingerprint density at radius 1 is 1.43 bits per heavy atom. The van der Waals surface area contributed by atoms with Crippen LogP contribution in [-0.2, 0) is 19.9 Å². The summed E-state index contributed by atoms with van der Waals surface area (Å²) >= 11 is 0. The maximum Gasteiger partial charge on any atom is 0.138 e. The topological polar surface area (TPSA) is 52.0 Å². The molecule has 2 aromatic rings. The second kappa shape index (κ2) is 6.26. The normalized spacial score (nSPS) is 14.8. The summed E-state index contributed by atoms with van der Waals surface area (Å²) in [5.74, 6) is 2.03. The van der Waals surface area contributed by atoms with Gasteiger partial charge in [-0.05, 0) is 30.2 Å². The van der Waals surface area contributed by atoms with E-state index in [9.17, 15) is 0 Å². The lowest BCUT2D eigenvalue weighted by Crippen LogP contribution is -2.25. The van der Waals surface area contributed by atoms with E-state index in [2.05, 4.69) is 40.5 Å². The minimum atomic E-state index is 0.263. The van der Waals surface area contributed by atoms with Gasteiger partial charge in [0.2, 0.25) is 0 Å². The van der Waals surface area contributed by atoms with Crippen LogP contribution in [0.15, 0.2) is 24.5 Å². The standard InChI is InChI=1S/C16H22N4O/c1-3-7-17-14(10-16-18-11-19-20(16)2)12-4-5-15-13(9-12)6-8-21-15/h4-5,9,11,14,17H,3,6-8,10H2,1-2H3. The number of ether oxygens (including phenoxy) is 1. The highest BCUT2D eigenvalue weighted by Crippen LogP contribution is 2.29. The van der Waals surface area contributed by atoms with Crippen molar-refractivity contribution in [2.45, 2.75) is 32.2 Å². The molecule has 0 bridgehead atoms. The van der Waals surface area contributed by atoms with Crippen molar-refractivity contribution in [1.29, 1.82) is 0 Å². The summed E-state index contributed by atoms with van der Waals surface area (Å²) in [6, 6.07) is 6.79. The van der Waals surface area contributed by atoms with Crippen LogP contribution in [0.4, 0.5) is 0 Å². The highest BCUT2D eigenvalue weighted by molar-refractivity contribution is 5.41. The maximum atomic E-state index is 5.59. The Labute approximate surface area is 125 Å². The summed E-state index contributed by atoms with van der Waals surface area (Å²) in [6.45, 7) is 3.98. The van der Waals surface area contributed by atoms with Gasteiger partial charge >= 0.3 is 0 Å². The molecule has 5 nitrogen and oxygen atoms in total. The fourth-order valence-electron chi connectivity index (χ4n) is 2.74. The Balaban J connectivity index is 1.83. The molecule has 21 heavy (non-hydrogen) atoms. The number of aromatic nitrogens is 3. The van der Waals surface area contributed by atoms with E-state index in [1.807, 2.05) is 11.7 Å². The minimum Gasteiger partial charge on any atom is -0.493 e. The first kappa shape index (κ1) is 14.1. The molecule has 0 amide bonds. The van der Waals surface area contributed by atoms with E-state index in [0.29, 0.717) is 0 Å². The van der Waals surface area contributed by atoms with E-state index in [1.54, 1.807) is 6.33 Å². The van der Waals surface area contributed by atoms with Gasteiger partial charge in [-0.2, -0.15) is 5.10 Å². The second-order valence-corrected chi connectivity index (χ2v) is 5.48. The predicted molar refractivity (Wildman–Crippen MR) is 81.4 cm³/mol. The number of rotatable bonds is 6. The molecule has 0 aliphatic carbocycles. The monoisotopic (exact) mass is 286 g/mol. The molecule has 0 fully saturated rings. The molecule has 1 unspecified atom stereocenters. The molecule has 1 N–H and O–H groups in total. The lowest BCUT2D eigenvalue weighted by atomic mass is 9.99. The third kappa shape index (κ3) is 3.08. The van der Waals surface area contributed by atoms with Gasteiger partial charge in [-0.15, -0.1) is 0 Å². The Morgan fingerprint density at radius 3 is 3.10 bits per heavy atom. The first-order chi connectivity index (χ1) is 10.3. The van der Waals surface area contributed by atoms with E-state index in [-0.39, 0.29) is 6.04 Å². The van der Waals surface area contributed by atoms with Crippen molar-refractivity contribution in [3.63, 3.8) is 0 Å². The lowest BCUT2D eigenvalue weighted by Gasteiger charge is -2.19. The van der Waals surface area contributed by atoms with Crippen LogP contribution in [0, 0.1) is 0 Å². The summed E-state index contributed by atoms with van der Waals surface area (Å²) in [7, 11) is 1.94. The Bertz CT molecular complexity index is 608. The van der Waals surface area contributed by atoms with E-state index < -0.39 is 0 Å². The van der Waals surface area contributed by atoms with Crippen molar-refractivity contribution >= 4 is 0 Å². The molecule has 2 heterocycles. The van der Waals surface area contributed by atoms with Crippen LogP contribution in [0.25, 0.3) is 0 Å². The summed E-state index contributed by atoms with van der Waals surface area (Å²) in [5.41, 5.74) is 2.62. The number of benzene rings is 1. The van der Waals surface area contributed by atoms with Gasteiger partial charge in [0.1, 0.15) is 17.9 Å².